The summed E-state index contributed by atoms with van der Waals surface area (Å²) >= 11 is 0. The van der Waals surface area contributed by atoms with Crippen LogP contribution in [0.2, 0.25) is 0 Å². The topological polar surface area (TPSA) is 54.2 Å². The number of guanidine groups is 1. The zero-order valence-electron chi connectivity index (χ0n) is 16.3. The second kappa shape index (κ2) is 8.00. The molecule has 1 fully saturated rings. The Labute approximate surface area is 164 Å². The average Bonchev–Trinajstić information content (AvgIpc) is 3.39. The van der Waals surface area contributed by atoms with Gasteiger partial charge in [-0.25, -0.2) is 9.37 Å². The molecule has 2 aromatic carbocycles. The van der Waals surface area contributed by atoms with E-state index in [-0.39, 0.29) is 17.8 Å². The number of nitrogens with zero attached hydrogens (tertiary/aromatic N) is 3. The van der Waals surface area contributed by atoms with Gasteiger partial charge in [0, 0.05) is 32.1 Å². The van der Waals surface area contributed by atoms with Gasteiger partial charge in [0.2, 0.25) is 0 Å². The van der Waals surface area contributed by atoms with E-state index in [1.54, 1.807) is 13.1 Å². The van der Waals surface area contributed by atoms with E-state index >= 15 is 0 Å². The number of benzene rings is 2. The number of nitrogens with one attached hydrogen (secondary N) is 2. The molecule has 0 bridgehead atoms. The van der Waals surface area contributed by atoms with Crippen molar-refractivity contribution in [2.75, 3.05) is 13.6 Å². The zero-order chi connectivity index (χ0) is 19.5. The molecule has 2 unspecified atom stereocenters. The summed E-state index contributed by atoms with van der Waals surface area (Å²) in [5, 5.41) is 6.77. The minimum Gasteiger partial charge on any atom is -0.356 e. The van der Waals surface area contributed by atoms with Crippen LogP contribution in [0.4, 0.5) is 4.39 Å². The van der Waals surface area contributed by atoms with Crippen molar-refractivity contribution < 1.29 is 4.39 Å². The van der Waals surface area contributed by atoms with Crippen molar-refractivity contribution in [3.8, 4) is 0 Å². The van der Waals surface area contributed by atoms with E-state index in [4.69, 9.17) is 0 Å². The molecule has 1 saturated carbocycles. The first-order valence-electron chi connectivity index (χ1n) is 9.81. The Kier molecular flexibility index (Phi) is 5.28. The number of hydrogen-bond donors (Lipinski definition) is 2. The van der Waals surface area contributed by atoms with Crippen LogP contribution in [-0.2, 0) is 6.54 Å². The Bertz CT molecular complexity index is 994. The van der Waals surface area contributed by atoms with Crippen molar-refractivity contribution in [3.63, 3.8) is 0 Å². The molecule has 2 atom stereocenters. The van der Waals surface area contributed by atoms with Crippen molar-refractivity contribution in [1.29, 1.82) is 0 Å². The van der Waals surface area contributed by atoms with Crippen molar-refractivity contribution >= 4 is 17.0 Å². The predicted octanol–water partition coefficient (Wildman–Crippen LogP) is 3.60. The molecule has 4 rings (SSSR count). The van der Waals surface area contributed by atoms with E-state index in [1.807, 2.05) is 37.3 Å². The van der Waals surface area contributed by atoms with Gasteiger partial charge in [-0.15, -0.1) is 0 Å². The Morgan fingerprint density at radius 2 is 2.00 bits per heavy atom. The molecule has 0 spiro atoms. The van der Waals surface area contributed by atoms with Gasteiger partial charge in [-0.2, -0.15) is 0 Å². The van der Waals surface area contributed by atoms with Gasteiger partial charge in [0.05, 0.1) is 11.0 Å². The lowest BCUT2D eigenvalue weighted by Gasteiger charge is -2.13. The molecule has 0 radical (unpaired) electrons. The number of hydrogen-bond acceptors (Lipinski definition) is 2. The highest BCUT2D eigenvalue weighted by atomic mass is 19.1. The van der Waals surface area contributed by atoms with Crippen LogP contribution in [0, 0.1) is 12.7 Å². The number of aliphatic imine (C=N–C) groups is 1. The Balaban J connectivity index is 1.26. The van der Waals surface area contributed by atoms with E-state index in [1.165, 1.54) is 11.6 Å². The summed E-state index contributed by atoms with van der Waals surface area (Å²) in [5.74, 6) is 1.91. The third kappa shape index (κ3) is 3.86. The second-order valence-electron chi connectivity index (χ2n) is 7.27. The SMILES string of the molecule is CN=C(NCCCn1c(C)nc2ccccc21)NC1CC1c1ccccc1F. The maximum Gasteiger partial charge on any atom is 0.191 e. The first kappa shape index (κ1) is 18.5. The van der Waals surface area contributed by atoms with Gasteiger partial charge in [-0.05, 0) is 43.5 Å². The normalized spacial score (nSPS) is 19.0. The monoisotopic (exact) mass is 379 g/mol. The molecule has 1 aliphatic carbocycles. The molecule has 0 saturated heterocycles. The van der Waals surface area contributed by atoms with Gasteiger partial charge in [0.1, 0.15) is 11.6 Å². The summed E-state index contributed by atoms with van der Waals surface area (Å²) in [5.41, 5.74) is 3.00. The van der Waals surface area contributed by atoms with Crippen molar-refractivity contribution in [2.24, 2.45) is 4.99 Å². The van der Waals surface area contributed by atoms with E-state index in [0.717, 1.165) is 48.8 Å². The lowest BCUT2D eigenvalue weighted by Crippen LogP contribution is -2.39. The van der Waals surface area contributed by atoms with Gasteiger partial charge < -0.3 is 15.2 Å². The van der Waals surface area contributed by atoms with Crippen LogP contribution < -0.4 is 10.6 Å². The maximum atomic E-state index is 13.9. The van der Waals surface area contributed by atoms with Gasteiger partial charge in [-0.1, -0.05) is 30.3 Å². The first-order valence-corrected chi connectivity index (χ1v) is 9.81. The molecule has 5 nitrogen and oxygen atoms in total. The quantitative estimate of drug-likeness (QED) is 0.391. The Morgan fingerprint density at radius 3 is 2.82 bits per heavy atom. The van der Waals surface area contributed by atoms with Crippen LogP contribution in [0.3, 0.4) is 0 Å². The predicted molar refractivity (Wildman–Crippen MR) is 111 cm³/mol. The fourth-order valence-corrected chi connectivity index (χ4v) is 3.77. The van der Waals surface area contributed by atoms with Crippen molar-refractivity contribution in [3.05, 3.63) is 65.7 Å². The minimum absolute atomic E-state index is 0.123. The first-order chi connectivity index (χ1) is 13.7. The number of imidazole rings is 1. The van der Waals surface area contributed by atoms with Gasteiger partial charge in [0.15, 0.2) is 5.96 Å². The van der Waals surface area contributed by atoms with Crippen LogP contribution >= 0.6 is 0 Å². The largest absolute Gasteiger partial charge is 0.356 e. The van der Waals surface area contributed by atoms with Gasteiger partial charge >= 0.3 is 0 Å². The fourth-order valence-electron chi connectivity index (χ4n) is 3.77. The third-order valence-electron chi connectivity index (χ3n) is 5.34. The molecule has 146 valence electrons. The van der Waals surface area contributed by atoms with Crippen LogP contribution in [0.1, 0.15) is 30.1 Å². The number of halogens is 1. The lowest BCUT2D eigenvalue weighted by molar-refractivity contribution is 0.606. The summed E-state index contributed by atoms with van der Waals surface area (Å²) in [6.45, 7) is 3.75. The highest BCUT2D eigenvalue weighted by Crippen LogP contribution is 2.41. The van der Waals surface area contributed by atoms with Crippen LogP contribution in [0.15, 0.2) is 53.5 Å². The van der Waals surface area contributed by atoms with E-state index in [9.17, 15) is 4.39 Å². The zero-order valence-corrected chi connectivity index (χ0v) is 16.3. The number of para-hydroxylation sites is 2. The molecule has 1 aliphatic rings. The summed E-state index contributed by atoms with van der Waals surface area (Å²) in [6.07, 6.45) is 1.89. The number of aromatic nitrogens is 2. The lowest BCUT2D eigenvalue weighted by atomic mass is 10.1. The summed E-state index contributed by atoms with van der Waals surface area (Å²) in [4.78, 5) is 8.91. The molecule has 28 heavy (non-hydrogen) atoms. The number of rotatable bonds is 6. The standard InChI is InChI=1S/C22H26FN5/c1-15-26-19-10-5-6-11-21(19)28(15)13-7-12-25-22(24-2)27-20-14-17(20)16-8-3-4-9-18(16)23/h3-6,8-11,17,20H,7,12-14H2,1-2H3,(H2,24,25,27). The highest BCUT2D eigenvalue weighted by molar-refractivity contribution is 5.80. The summed E-state index contributed by atoms with van der Waals surface area (Å²) in [7, 11) is 1.77. The molecular formula is C22H26FN5. The number of aryl methyl sites for hydroxylation is 2. The Hall–Kier alpha value is -2.89. The van der Waals surface area contributed by atoms with E-state index in [2.05, 4.69) is 31.2 Å². The second-order valence-corrected chi connectivity index (χ2v) is 7.27. The van der Waals surface area contributed by atoms with E-state index in [0.29, 0.717) is 0 Å². The molecule has 6 heteroatoms. The molecule has 1 heterocycles. The highest BCUT2D eigenvalue weighted by Gasteiger charge is 2.40. The summed E-state index contributed by atoms with van der Waals surface area (Å²) in [6, 6.07) is 15.5. The third-order valence-corrected chi connectivity index (χ3v) is 5.34. The van der Waals surface area contributed by atoms with Crippen molar-refractivity contribution in [1.82, 2.24) is 20.2 Å². The van der Waals surface area contributed by atoms with Crippen molar-refractivity contribution in [2.45, 2.75) is 38.3 Å². The van der Waals surface area contributed by atoms with Gasteiger partial charge in [0.25, 0.3) is 0 Å². The molecular weight excluding hydrogens is 353 g/mol. The molecule has 0 amide bonds. The van der Waals surface area contributed by atoms with Gasteiger partial charge in [-0.3, -0.25) is 4.99 Å². The number of fused-ring (bicyclic) bond motifs is 1. The van der Waals surface area contributed by atoms with Crippen LogP contribution in [0.25, 0.3) is 11.0 Å². The van der Waals surface area contributed by atoms with E-state index < -0.39 is 0 Å². The molecule has 1 aromatic heterocycles. The van der Waals surface area contributed by atoms with Crippen LogP contribution in [0.5, 0.6) is 0 Å². The smallest absolute Gasteiger partial charge is 0.191 e. The summed E-state index contributed by atoms with van der Waals surface area (Å²) < 4.78 is 16.2. The molecule has 0 aliphatic heterocycles. The average molecular weight is 379 g/mol. The Morgan fingerprint density at radius 1 is 1.21 bits per heavy atom. The fraction of sp³-hybridized carbons (Fsp3) is 0.364. The maximum absolute atomic E-state index is 13.9. The molecule has 3 aromatic rings. The molecule has 2 N–H and O–H groups in total. The van der Waals surface area contributed by atoms with Crippen LogP contribution in [-0.4, -0.2) is 35.1 Å². The minimum atomic E-state index is -0.123.